The quantitative estimate of drug-likeness (QED) is 0.742. The lowest BCUT2D eigenvalue weighted by Crippen LogP contribution is -2.13. The lowest BCUT2D eigenvalue weighted by molar-refractivity contribution is 0.357. The van der Waals surface area contributed by atoms with Crippen molar-refractivity contribution in [3.05, 3.63) is 66.4 Å². The third kappa shape index (κ3) is 2.41. The second-order valence-electron chi connectivity index (χ2n) is 5.31. The molecule has 116 valence electrons. The van der Waals surface area contributed by atoms with Crippen LogP contribution in [0.5, 0.6) is 5.75 Å². The normalized spacial score (nSPS) is 13.6. The lowest BCUT2D eigenvalue weighted by Gasteiger charge is -2.04. The molecule has 23 heavy (non-hydrogen) atoms. The topological polar surface area (TPSA) is 61.2 Å². The van der Waals surface area contributed by atoms with Gasteiger partial charge in [-0.3, -0.25) is 0 Å². The van der Waals surface area contributed by atoms with Gasteiger partial charge in [0.2, 0.25) is 0 Å². The number of aromatic nitrogens is 2. The van der Waals surface area contributed by atoms with Crippen LogP contribution >= 0.6 is 0 Å². The van der Waals surface area contributed by atoms with Crippen molar-refractivity contribution in [2.75, 3.05) is 6.61 Å². The van der Waals surface area contributed by atoms with Gasteiger partial charge >= 0.3 is 0 Å². The maximum Gasteiger partial charge on any atom is 0.282 e. The van der Waals surface area contributed by atoms with Crippen molar-refractivity contribution in [3.8, 4) is 17.0 Å². The minimum Gasteiger partial charge on any atom is -0.493 e. The zero-order valence-electron chi connectivity index (χ0n) is 12.2. The summed E-state index contributed by atoms with van der Waals surface area (Å²) in [6.07, 6.45) is 2.34. The lowest BCUT2D eigenvalue weighted by atomic mass is 10.1. The standard InChI is InChI=1S/C17H14N2O3S/c20-23(21,15-4-2-1-3-5-15)19-10-8-16(18-19)13-6-7-17-14(12-13)9-11-22-17/h1-8,10,12H,9,11H2. The molecule has 0 atom stereocenters. The predicted octanol–water partition coefficient (Wildman–Crippen LogP) is 2.72. The number of rotatable bonds is 3. The van der Waals surface area contributed by atoms with Crippen LogP contribution in [0.3, 0.4) is 0 Å². The van der Waals surface area contributed by atoms with Gasteiger partial charge in [-0.15, -0.1) is 0 Å². The molecule has 1 aliphatic rings. The Morgan fingerprint density at radius 3 is 2.70 bits per heavy atom. The fourth-order valence-electron chi connectivity index (χ4n) is 2.64. The molecule has 4 rings (SSSR count). The van der Waals surface area contributed by atoms with Gasteiger partial charge in [0.05, 0.1) is 17.2 Å². The number of nitrogens with zero attached hydrogens (tertiary/aromatic N) is 2. The van der Waals surface area contributed by atoms with Crippen LogP contribution in [0.2, 0.25) is 0 Å². The summed E-state index contributed by atoms with van der Waals surface area (Å²) in [4.78, 5) is 0.219. The Hall–Kier alpha value is -2.60. The first-order valence-corrected chi connectivity index (χ1v) is 8.71. The van der Waals surface area contributed by atoms with Gasteiger partial charge in [-0.25, -0.2) is 0 Å². The Morgan fingerprint density at radius 1 is 1.04 bits per heavy atom. The van der Waals surface area contributed by atoms with Crippen LogP contribution in [-0.4, -0.2) is 24.2 Å². The summed E-state index contributed by atoms with van der Waals surface area (Å²) in [5.41, 5.74) is 2.64. The molecule has 0 amide bonds. The fourth-order valence-corrected chi connectivity index (χ4v) is 3.78. The van der Waals surface area contributed by atoms with Crippen LogP contribution in [0.15, 0.2) is 65.7 Å². The van der Waals surface area contributed by atoms with Crippen molar-refractivity contribution in [3.63, 3.8) is 0 Å². The minimum atomic E-state index is -3.66. The maximum atomic E-state index is 12.5. The molecule has 3 aromatic rings. The second-order valence-corrected chi connectivity index (χ2v) is 7.11. The Balaban J connectivity index is 1.72. The third-order valence-corrected chi connectivity index (χ3v) is 5.40. The molecule has 0 spiro atoms. The first-order valence-electron chi connectivity index (χ1n) is 7.27. The van der Waals surface area contributed by atoms with E-state index in [0.29, 0.717) is 12.3 Å². The Morgan fingerprint density at radius 2 is 1.87 bits per heavy atom. The van der Waals surface area contributed by atoms with Gasteiger partial charge in [-0.2, -0.15) is 17.6 Å². The van der Waals surface area contributed by atoms with Crippen molar-refractivity contribution >= 4 is 10.0 Å². The predicted molar refractivity (Wildman–Crippen MR) is 85.9 cm³/mol. The van der Waals surface area contributed by atoms with Crippen LogP contribution in [0, 0.1) is 0 Å². The SMILES string of the molecule is O=S(=O)(c1ccccc1)n1ccc(-c2ccc3c(c2)CCO3)n1. The molecule has 5 nitrogen and oxygen atoms in total. The molecule has 1 aromatic heterocycles. The van der Waals surface area contributed by atoms with Crippen molar-refractivity contribution in [2.24, 2.45) is 0 Å². The second kappa shape index (κ2) is 5.24. The largest absolute Gasteiger partial charge is 0.493 e. The summed E-state index contributed by atoms with van der Waals surface area (Å²) in [6, 6.07) is 15.8. The number of hydrogen-bond acceptors (Lipinski definition) is 4. The van der Waals surface area contributed by atoms with E-state index in [2.05, 4.69) is 5.10 Å². The number of hydrogen-bond donors (Lipinski definition) is 0. The summed E-state index contributed by atoms with van der Waals surface area (Å²) < 4.78 is 31.6. The molecule has 0 aliphatic carbocycles. The third-order valence-electron chi connectivity index (χ3n) is 3.84. The number of fused-ring (bicyclic) bond motifs is 1. The highest BCUT2D eigenvalue weighted by molar-refractivity contribution is 7.89. The highest BCUT2D eigenvalue weighted by Gasteiger charge is 2.19. The minimum absolute atomic E-state index is 0.219. The Labute approximate surface area is 134 Å². The highest BCUT2D eigenvalue weighted by atomic mass is 32.2. The van der Waals surface area contributed by atoms with Gasteiger partial charge in [-0.1, -0.05) is 18.2 Å². The molecule has 0 N–H and O–H groups in total. The van der Waals surface area contributed by atoms with Gasteiger partial charge in [0.1, 0.15) is 5.75 Å². The Bertz CT molecular complexity index is 963. The number of benzene rings is 2. The summed E-state index contributed by atoms with van der Waals surface area (Å²) in [5, 5.41) is 4.24. The first-order chi connectivity index (χ1) is 11.1. The summed E-state index contributed by atoms with van der Waals surface area (Å²) in [7, 11) is -3.66. The van der Waals surface area contributed by atoms with E-state index < -0.39 is 10.0 Å². The maximum absolute atomic E-state index is 12.5. The average Bonchev–Trinajstić information content (AvgIpc) is 3.24. The first kappa shape index (κ1) is 14.0. The van der Waals surface area contributed by atoms with E-state index in [4.69, 9.17) is 4.74 Å². The van der Waals surface area contributed by atoms with Crippen molar-refractivity contribution in [2.45, 2.75) is 11.3 Å². The summed E-state index contributed by atoms with van der Waals surface area (Å²) in [6.45, 7) is 0.690. The summed E-state index contributed by atoms with van der Waals surface area (Å²) >= 11 is 0. The van der Waals surface area contributed by atoms with Crippen molar-refractivity contribution < 1.29 is 13.2 Å². The molecule has 2 heterocycles. The van der Waals surface area contributed by atoms with Gasteiger partial charge < -0.3 is 4.74 Å². The Kier molecular flexibility index (Phi) is 3.20. The molecule has 0 saturated carbocycles. The van der Waals surface area contributed by atoms with Crippen LogP contribution in [0.25, 0.3) is 11.3 Å². The van der Waals surface area contributed by atoms with Crippen LogP contribution in [0.1, 0.15) is 5.56 Å². The fraction of sp³-hybridized carbons (Fsp3) is 0.118. The van der Waals surface area contributed by atoms with E-state index in [1.807, 2.05) is 18.2 Å². The molecule has 2 aromatic carbocycles. The van der Waals surface area contributed by atoms with Gasteiger partial charge in [-0.05, 0) is 42.0 Å². The van der Waals surface area contributed by atoms with Crippen LogP contribution in [0.4, 0.5) is 0 Å². The number of ether oxygens (including phenoxy) is 1. The van der Waals surface area contributed by atoms with Gasteiger partial charge in [0.15, 0.2) is 0 Å². The van der Waals surface area contributed by atoms with E-state index in [0.717, 1.165) is 27.4 Å². The van der Waals surface area contributed by atoms with E-state index in [1.165, 1.54) is 6.20 Å². The molecule has 0 unspecified atom stereocenters. The van der Waals surface area contributed by atoms with Crippen LogP contribution in [-0.2, 0) is 16.4 Å². The average molecular weight is 326 g/mol. The highest BCUT2D eigenvalue weighted by Crippen LogP contribution is 2.30. The molecule has 0 saturated heterocycles. The summed E-state index contributed by atoms with van der Waals surface area (Å²) in [5.74, 6) is 0.894. The zero-order valence-corrected chi connectivity index (χ0v) is 13.0. The van der Waals surface area contributed by atoms with Crippen molar-refractivity contribution in [1.82, 2.24) is 9.19 Å². The van der Waals surface area contributed by atoms with E-state index in [1.54, 1.807) is 36.4 Å². The van der Waals surface area contributed by atoms with Gasteiger partial charge in [0, 0.05) is 18.2 Å². The molecular weight excluding hydrogens is 312 g/mol. The van der Waals surface area contributed by atoms with E-state index >= 15 is 0 Å². The monoisotopic (exact) mass is 326 g/mol. The van der Waals surface area contributed by atoms with E-state index in [-0.39, 0.29) is 4.90 Å². The van der Waals surface area contributed by atoms with Gasteiger partial charge in [0.25, 0.3) is 10.0 Å². The zero-order chi connectivity index (χ0) is 15.9. The molecule has 0 bridgehead atoms. The molecular formula is C17H14N2O3S. The van der Waals surface area contributed by atoms with Crippen molar-refractivity contribution in [1.29, 1.82) is 0 Å². The van der Waals surface area contributed by atoms with Crippen LogP contribution < -0.4 is 4.74 Å². The smallest absolute Gasteiger partial charge is 0.282 e. The van der Waals surface area contributed by atoms with E-state index in [9.17, 15) is 8.42 Å². The molecule has 1 aliphatic heterocycles. The molecule has 0 radical (unpaired) electrons. The molecule has 6 heteroatoms. The molecule has 0 fully saturated rings.